The van der Waals surface area contributed by atoms with Gasteiger partial charge in [0.15, 0.2) is 0 Å². The summed E-state index contributed by atoms with van der Waals surface area (Å²) in [5.74, 6) is 0.933. The van der Waals surface area contributed by atoms with Crippen molar-refractivity contribution < 1.29 is 9.26 Å². The molecule has 16 heavy (non-hydrogen) atoms. The minimum absolute atomic E-state index is 0.278. The zero-order chi connectivity index (χ0) is 11.5. The molecule has 0 aliphatic heterocycles. The predicted octanol–water partition coefficient (Wildman–Crippen LogP) is 2.98. The predicted molar refractivity (Wildman–Crippen MR) is 62.5 cm³/mol. The smallest absolute Gasteiger partial charge is 0.229 e. The first-order valence-electron chi connectivity index (χ1n) is 4.85. The van der Waals surface area contributed by atoms with Crippen molar-refractivity contribution in [3.8, 4) is 16.9 Å². The number of hydrogen-bond acceptors (Lipinski definition) is 4. The molecule has 0 saturated heterocycles. The van der Waals surface area contributed by atoms with Crippen molar-refractivity contribution in [2.24, 2.45) is 0 Å². The second kappa shape index (κ2) is 4.45. The number of halogens is 1. The molecule has 0 saturated carbocycles. The van der Waals surface area contributed by atoms with Crippen molar-refractivity contribution in [1.29, 1.82) is 0 Å². The van der Waals surface area contributed by atoms with Gasteiger partial charge in [-0.25, -0.2) is 0 Å². The zero-order valence-electron chi connectivity index (χ0n) is 8.74. The van der Waals surface area contributed by atoms with Crippen molar-refractivity contribution in [2.45, 2.75) is 6.92 Å². The number of benzene rings is 1. The Hall–Kier alpha value is -1.68. The molecule has 4 nitrogen and oxygen atoms in total. The van der Waals surface area contributed by atoms with Gasteiger partial charge >= 0.3 is 0 Å². The van der Waals surface area contributed by atoms with Crippen LogP contribution in [0.1, 0.15) is 6.92 Å². The Bertz CT molecular complexity index is 496. The van der Waals surface area contributed by atoms with Crippen LogP contribution in [0.5, 0.6) is 5.75 Å². The Morgan fingerprint density at radius 3 is 2.88 bits per heavy atom. The summed E-state index contributed by atoms with van der Waals surface area (Å²) in [4.78, 5) is 0. The molecule has 0 bridgehead atoms. The van der Waals surface area contributed by atoms with Crippen LogP contribution < -0.4 is 10.5 Å². The Balaban J connectivity index is 2.38. The molecular formula is C11H11ClN2O2. The first-order valence-corrected chi connectivity index (χ1v) is 5.23. The van der Waals surface area contributed by atoms with Crippen LogP contribution in [0.25, 0.3) is 11.1 Å². The summed E-state index contributed by atoms with van der Waals surface area (Å²) < 4.78 is 10.1. The van der Waals surface area contributed by atoms with Crippen LogP contribution in [-0.4, -0.2) is 11.8 Å². The number of nitrogens with two attached hydrogens (primary N) is 1. The number of nitrogen functional groups attached to an aromatic ring is 1. The number of hydrogen-bond donors (Lipinski definition) is 1. The third-order valence-electron chi connectivity index (χ3n) is 2.14. The molecule has 0 aliphatic carbocycles. The number of nitrogens with zero attached hydrogens (tertiary/aromatic N) is 1. The number of aromatic nitrogens is 1. The summed E-state index contributed by atoms with van der Waals surface area (Å²) in [6, 6.07) is 5.43. The van der Waals surface area contributed by atoms with Gasteiger partial charge in [0.05, 0.1) is 23.4 Å². The number of anilines is 1. The third kappa shape index (κ3) is 1.97. The van der Waals surface area contributed by atoms with Gasteiger partial charge in [-0.1, -0.05) is 22.8 Å². The van der Waals surface area contributed by atoms with Gasteiger partial charge in [0, 0.05) is 0 Å². The summed E-state index contributed by atoms with van der Waals surface area (Å²) in [6.07, 6.45) is 1.56. The first kappa shape index (κ1) is 10.8. The third-order valence-corrected chi connectivity index (χ3v) is 2.44. The first-order chi connectivity index (χ1) is 7.72. The van der Waals surface area contributed by atoms with Crippen molar-refractivity contribution in [3.05, 3.63) is 29.4 Å². The van der Waals surface area contributed by atoms with Crippen LogP contribution in [0.2, 0.25) is 5.02 Å². The van der Waals surface area contributed by atoms with Gasteiger partial charge < -0.3 is 15.0 Å². The molecular weight excluding hydrogens is 228 g/mol. The Labute approximate surface area is 97.9 Å². The Morgan fingerprint density at radius 1 is 1.50 bits per heavy atom. The van der Waals surface area contributed by atoms with E-state index in [0.29, 0.717) is 17.4 Å². The highest BCUT2D eigenvalue weighted by Crippen LogP contribution is 2.32. The highest BCUT2D eigenvalue weighted by molar-refractivity contribution is 6.32. The molecule has 84 valence electrons. The molecule has 0 atom stereocenters. The van der Waals surface area contributed by atoms with Gasteiger partial charge in [-0.2, -0.15) is 0 Å². The zero-order valence-corrected chi connectivity index (χ0v) is 9.49. The maximum absolute atomic E-state index is 6.06. The van der Waals surface area contributed by atoms with Gasteiger partial charge in [-0.3, -0.25) is 0 Å². The molecule has 0 aliphatic rings. The van der Waals surface area contributed by atoms with Crippen molar-refractivity contribution >= 4 is 17.5 Å². The van der Waals surface area contributed by atoms with Crippen LogP contribution in [-0.2, 0) is 0 Å². The number of rotatable bonds is 3. The monoisotopic (exact) mass is 238 g/mol. The SMILES string of the molecule is CCOc1ccc(-c2cnoc2N)cc1Cl. The minimum atomic E-state index is 0.278. The minimum Gasteiger partial charge on any atom is -0.492 e. The fourth-order valence-corrected chi connectivity index (χ4v) is 1.64. The van der Waals surface area contributed by atoms with Crippen molar-refractivity contribution in [1.82, 2.24) is 5.16 Å². The highest BCUT2D eigenvalue weighted by Gasteiger charge is 2.09. The van der Waals surface area contributed by atoms with E-state index in [4.69, 9.17) is 26.6 Å². The largest absolute Gasteiger partial charge is 0.492 e. The molecule has 1 aromatic heterocycles. The van der Waals surface area contributed by atoms with Crippen LogP contribution in [0.3, 0.4) is 0 Å². The molecule has 0 spiro atoms. The Kier molecular flexibility index (Phi) is 3.01. The van der Waals surface area contributed by atoms with E-state index in [0.717, 1.165) is 11.1 Å². The lowest BCUT2D eigenvalue weighted by Gasteiger charge is -2.06. The quantitative estimate of drug-likeness (QED) is 0.893. The molecule has 1 aromatic carbocycles. The van der Waals surface area contributed by atoms with E-state index in [-0.39, 0.29) is 5.88 Å². The molecule has 2 N–H and O–H groups in total. The van der Waals surface area contributed by atoms with Gasteiger partial charge in [0.2, 0.25) is 5.88 Å². The molecule has 0 fully saturated rings. The summed E-state index contributed by atoms with van der Waals surface area (Å²) in [6.45, 7) is 2.48. The van der Waals surface area contributed by atoms with Crippen LogP contribution in [0.15, 0.2) is 28.9 Å². The fraction of sp³-hybridized carbons (Fsp3) is 0.182. The highest BCUT2D eigenvalue weighted by atomic mass is 35.5. The molecule has 0 radical (unpaired) electrons. The number of ether oxygens (including phenoxy) is 1. The van der Waals surface area contributed by atoms with E-state index < -0.39 is 0 Å². The van der Waals surface area contributed by atoms with E-state index in [1.165, 1.54) is 0 Å². The van der Waals surface area contributed by atoms with Gasteiger partial charge in [0.25, 0.3) is 0 Å². The summed E-state index contributed by atoms with van der Waals surface area (Å²) in [5, 5.41) is 4.15. The average molecular weight is 239 g/mol. The second-order valence-electron chi connectivity index (χ2n) is 3.18. The fourth-order valence-electron chi connectivity index (χ4n) is 1.41. The molecule has 0 unspecified atom stereocenters. The lowest BCUT2D eigenvalue weighted by Crippen LogP contribution is -1.92. The lowest BCUT2D eigenvalue weighted by molar-refractivity contribution is 0.340. The summed E-state index contributed by atoms with van der Waals surface area (Å²) >= 11 is 6.06. The normalized spacial score (nSPS) is 10.4. The van der Waals surface area contributed by atoms with E-state index in [1.54, 1.807) is 18.3 Å². The molecule has 2 aromatic rings. The van der Waals surface area contributed by atoms with Gasteiger partial charge in [0.1, 0.15) is 5.75 Å². The van der Waals surface area contributed by atoms with Crippen molar-refractivity contribution in [2.75, 3.05) is 12.3 Å². The second-order valence-corrected chi connectivity index (χ2v) is 3.59. The molecule has 2 rings (SSSR count). The standard InChI is InChI=1S/C11H11ClN2O2/c1-2-15-10-4-3-7(5-9(10)12)8-6-14-16-11(8)13/h3-6H,2,13H2,1H3. The van der Waals surface area contributed by atoms with Gasteiger partial charge in [-0.05, 0) is 24.6 Å². The maximum atomic E-state index is 6.06. The molecule has 5 heteroatoms. The van der Waals surface area contributed by atoms with Crippen LogP contribution in [0, 0.1) is 0 Å². The topological polar surface area (TPSA) is 61.3 Å². The molecule has 0 amide bonds. The van der Waals surface area contributed by atoms with E-state index in [1.807, 2.05) is 13.0 Å². The van der Waals surface area contributed by atoms with E-state index >= 15 is 0 Å². The Morgan fingerprint density at radius 2 is 2.31 bits per heavy atom. The summed E-state index contributed by atoms with van der Waals surface area (Å²) in [5.41, 5.74) is 7.20. The van der Waals surface area contributed by atoms with Crippen LogP contribution >= 0.6 is 11.6 Å². The summed E-state index contributed by atoms with van der Waals surface area (Å²) in [7, 11) is 0. The van der Waals surface area contributed by atoms with E-state index in [9.17, 15) is 0 Å². The van der Waals surface area contributed by atoms with E-state index in [2.05, 4.69) is 5.16 Å². The lowest BCUT2D eigenvalue weighted by atomic mass is 10.1. The maximum Gasteiger partial charge on any atom is 0.229 e. The average Bonchev–Trinajstić information content (AvgIpc) is 2.68. The van der Waals surface area contributed by atoms with Gasteiger partial charge in [-0.15, -0.1) is 0 Å². The van der Waals surface area contributed by atoms with Crippen molar-refractivity contribution in [3.63, 3.8) is 0 Å². The molecule has 1 heterocycles. The van der Waals surface area contributed by atoms with Crippen LogP contribution in [0.4, 0.5) is 5.88 Å².